The number of aryl methyl sites for hydroxylation is 2. The molecule has 0 aromatic heterocycles. The molecule has 0 fully saturated rings. The van der Waals surface area contributed by atoms with E-state index >= 15 is 0 Å². The zero-order valence-corrected chi connectivity index (χ0v) is 20.7. The molecule has 1 atom stereocenters. The Hall–Kier alpha value is -1.76. The van der Waals surface area contributed by atoms with Crippen molar-refractivity contribution < 1.29 is 4.21 Å². The van der Waals surface area contributed by atoms with Gasteiger partial charge in [0.2, 0.25) is 0 Å². The van der Waals surface area contributed by atoms with E-state index in [1.807, 2.05) is 12.1 Å². The van der Waals surface area contributed by atoms with Crippen LogP contribution in [0.4, 0.5) is 11.4 Å². The summed E-state index contributed by atoms with van der Waals surface area (Å²) in [4.78, 5) is 2.83. The summed E-state index contributed by atoms with van der Waals surface area (Å²) in [5, 5.41) is 1.50. The summed E-state index contributed by atoms with van der Waals surface area (Å²) in [6, 6.07) is 19.5. The highest BCUT2D eigenvalue weighted by atomic mass is 35.5. The molecule has 168 valence electrons. The average Bonchev–Trinajstić information content (AvgIpc) is 2.95. The molecule has 0 bridgehead atoms. The number of fused-ring (bicyclic) bond motifs is 2. The van der Waals surface area contributed by atoms with Crippen LogP contribution in [0, 0.1) is 0 Å². The summed E-state index contributed by atoms with van der Waals surface area (Å²) >= 11 is 18.5. The lowest BCUT2D eigenvalue weighted by atomic mass is 10.0. The Morgan fingerprint density at radius 2 is 1.69 bits per heavy atom. The third kappa shape index (κ3) is 4.92. The highest BCUT2D eigenvalue weighted by molar-refractivity contribution is 7.91. The topological polar surface area (TPSA) is 44.7 Å². The molecular formula is C24H24Cl3N3OS. The summed E-state index contributed by atoms with van der Waals surface area (Å²) in [7, 11) is -1.25. The van der Waals surface area contributed by atoms with Gasteiger partial charge in [0, 0.05) is 36.5 Å². The predicted octanol–water partition coefficient (Wildman–Crippen LogP) is 6.94. The van der Waals surface area contributed by atoms with Gasteiger partial charge in [-0.1, -0.05) is 59.1 Å². The fraction of sp³-hybridized carbons (Fsp3) is 0.250. The van der Waals surface area contributed by atoms with Crippen molar-refractivity contribution in [2.45, 2.75) is 24.2 Å². The Bertz CT molecular complexity index is 1250. The molecule has 0 radical (unpaired) electrons. The number of nitrogens with one attached hydrogen (secondary N) is 1. The molecule has 4 rings (SSSR count). The Labute approximate surface area is 204 Å². The van der Waals surface area contributed by atoms with Crippen molar-refractivity contribution in [2.24, 2.45) is 4.36 Å². The van der Waals surface area contributed by atoms with Gasteiger partial charge in [0.25, 0.3) is 0 Å². The maximum absolute atomic E-state index is 13.4. The number of halogens is 3. The highest BCUT2D eigenvalue weighted by Crippen LogP contribution is 2.37. The minimum atomic E-state index is -2.79. The van der Waals surface area contributed by atoms with Crippen LogP contribution in [0.5, 0.6) is 0 Å². The molecule has 1 unspecified atom stereocenters. The van der Waals surface area contributed by atoms with Gasteiger partial charge < -0.3 is 4.90 Å². The van der Waals surface area contributed by atoms with Crippen molar-refractivity contribution in [3.05, 3.63) is 86.9 Å². The minimum Gasteiger partial charge on any atom is -0.341 e. The maximum Gasteiger partial charge on any atom is 0.137 e. The predicted molar refractivity (Wildman–Crippen MR) is 136 cm³/mol. The van der Waals surface area contributed by atoms with E-state index in [1.54, 1.807) is 25.2 Å². The third-order valence-corrected chi connectivity index (χ3v) is 8.58. The fourth-order valence-corrected chi connectivity index (χ4v) is 5.96. The molecule has 4 nitrogen and oxygen atoms in total. The molecule has 0 saturated carbocycles. The van der Waals surface area contributed by atoms with Crippen molar-refractivity contribution in [3.8, 4) is 0 Å². The van der Waals surface area contributed by atoms with E-state index in [-0.39, 0.29) is 0 Å². The van der Waals surface area contributed by atoms with Gasteiger partial charge in [-0.05, 0) is 66.8 Å². The molecule has 32 heavy (non-hydrogen) atoms. The van der Waals surface area contributed by atoms with Gasteiger partial charge >= 0.3 is 0 Å². The molecule has 0 aliphatic carbocycles. The molecule has 3 aromatic rings. The highest BCUT2D eigenvalue weighted by Gasteiger charge is 2.21. The Morgan fingerprint density at radius 1 is 0.938 bits per heavy atom. The molecule has 0 amide bonds. The Morgan fingerprint density at radius 3 is 2.44 bits per heavy atom. The molecule has 0 saturated heterocycles. The number of benzene rings is 3. The standard InChI is InChI=1S/C24H24Cl3N3OS/c1-28-32(31,20-11-12-21(26)22(27)16-20)29-13-4-14-30-23-6-3-2-5-17(23)7-8-18-9-10-19(25)15-24(18)30/h2-3,5-6,9-12,15-16H,4,7-8,13-14H2,1H3,(H,28,29,31). The van der Waals surface area contributed by atoms with Crippen molar-refractivity contribution in [1.82, 2.24) is 4.72 Å². The number of hydrogen-bond donors (Lipinski definition) is 1. The zero-order valence-electron chi connectivity index (χ0n) is 17.7. The lowest BCUT2D eigenvalue weighted by molar-refractivity contribution is 0.659. The van der Waals surface area contributed by atoms with E-state index in [1.165, 1.54) is 16.8 Å². The van der Waals surface area contributed by atoms with E-state index < -0.39 is 9.92 Å². The van der Waals surface area contributed by atoms with Crippen LogP contribution in [-0.2, 0) is 22.8 Å². The van der Waals surface area contributed by atoms with E-state index in [0.29, 0.717) is 21.5 Å². The molecule has 1 aliphatic rings. The van der Waals surface area contributed by atoms with Crippen LogP contribution in [0.25, 0.3) is 0 Å². The molecule has 1 aliphatic heterocycles. The van der Waals surface area contributed by atoms with Gasteiger partial charge in [-0.15, -0.1) is 0 Å². The number of rotatable bonds is 6. The minimum absolute atomic E-state index is 0.358. The first-order valence-corrected chi connectivity index (χ1v) is 13.0. The first-order chi connectivity index (χ1) is 15.4. The quantitative estimate of drug-likeness (QED) is 0.367. The molecule has 8 heteroatoms. The van der Waals surface area contributed by atoms with Gasteiger partial charge in [-0.3, -0.25) is 0 Å². The monoisotopic (exact) mass is 507 g/mol. The molecule has 1 heterocycles. The summed E-state index contributed by atoms with van der Waals surface area (Å²) in [6.07, 6.45) is 2.71. The largest absolute Gasteiger partial charge is 0.341 e. The van der Waals surface area contributed by atoms with E-state index in [9.17, 15) is 4.21 Å². The number of nitrogens with zero attached hydrogens (tertiary/aromatic N) is 2. The van der Waals surface area contributed by atoms with Crippen LogP contribution in [-0.4, -0.2) is 24.3 Å². The van der Waals surface area contributed by atoms with Gasteiger partial charge in [0.05, 0.1) is 14.9 Å². The SMILES string of the molecule is CN=S(=O)(NCCCN1c2ccccc2CCc2ccc(Cl)cc21)c1ccc(Cl)c(Cl)c1. The number of para-hydroxylation sites is 1. The summed E-state index contributed by atoms with van der Waals surface area (Å²) in [5.41, 5.74) is 4.92. The smallest absolute Gasteiger partial charge is 0.137 e. The third-order valence-electron chi connectivity index (χ3n) is 5.61. The fourth-order valence-electron chi connectivity index (χ4n) is 3.98. The van der Waals surface area contributed by atoms with Crippen LogP contribution in [0.3, 0.4) is 0 Å². The van der Waals surface area contributed by atoms with Crippen molar-refractivity contribution in [1.29, 1.82) is 0 Å². The van der Waals surface area contributed by atoms with E-state index in [4.69, 9.17) is 34.8 Å². The number of anilines is 2. The molecule has 1 N–H and O–H groups in total. The van der Waals surface area contributed by atoms with Crippen LogP contribution >= 0.6 is 34.8 Å². The molecule has 0 spiro atoms. The molecule has 3 aromatic carbocycles. The van der Waals surface area contributed by atoms with Crippen molar-refractivity contribution in [2.75, 3.05) is 25.0 Å². The van der Waals surface area contributed by atoms with Crippen LogP contribution < -0.4 is 9.62 Å². The van der Waals surface area contributed by atoms with Gasteiger partial charge in [0.1, 0.15) is 9.92 Å². The van der Waals surface area contributed by atoms with Crippen LogP contribution in [0.2, 0.25) is 15.1 Å². The first kappa shape index (κ1) is 23.4. The van der Waals surface area contributed by atoms with Crippen LogP contribution in [0.1, 0.15) is 17.5 Å². The Balaban J connectivity index is 1.53. The normalized spacial score (nSPS) is 14.8. The van der Waals surface area contributed by atoms with E-state index in [2.05, 4.69) is 44.3 Å². The van der Waals surface area contributed by atoms with Crippen LogP contribution in [0.15, 0.2) is 69.9 Å². The average molecular weight is 509 g/mol. The lowest BCUT2D eigenvalue weighted by Crippen LogP contribution is -2.28. The second-order valence-corrected chi connectivity index (χ2v) is 11.0. The van der Waals surface area contributed by atoms with Gasteiger partial charge in [-0.2, -0.15) is 0 Å². The Kier molecular flexibility index (Phi) is 7.33. The second kappa shape index (κ2) is 10.0. The summed E-state index contributed by atoms with van der Waals surface area (Å²) < 4.78 is 20.6. The second-order valence-electron chi connectivity index (χ2n) is 7.59. The summed E-state index contributed by atoms with van der Waals surface area (Å²) in [6.45, 7) is 1.27. The van der Waals surface area contributed by atoms with Gasteiger partial charge in [0.15, 0.2) is 0 Å². The zero-order chi connectivity index (χ0) is 22.7. The maximum atomic E-state index is 13.4. The lowest BCUT2D eigenvalue weighted by Gasteiger charge is -2.27. The first-order valence-electron chi connectivity index (χ1n) is 10.4. The van der Waals surface area contributed by atoms with Crippen molar-refractivity contribution in [3.63, 3.8) is 0 Å². The number of hydrogen-bond acceptors (Lipinski definition) is 3. The molecular weight excluding hydrogens is 485 g/mol. The van der Waals surface area contributed by atoms with Gasteiger partial charge in [-0.25, -0.2) is 13.3 Å². The van der Waals surface area contributed by atoms with Crippen molar-refractivity contribution >= 4 is 56.1 Å². The summed E-state index contributed by atoms with van der Waals surface area (Å²) in [5.74, 6) is 0. The van der Waals surface area contributed by atoms with E-state index in [0.717, 1.165) is 36.5 Å².